The monoisotopic (exact) mass is 242 g/mol. The zero-order valence-corrected chi connectivity index (χ0v) is 8.38. The fourth-order valence-electron chi connectivity index (χ4n) is 1.19. The van der Waals surface area contributed by atoms with E-state index in [-0.39, 0.29) is 6.04 Å². The van der Waals surface area contributed by atoms with Crippen molar-refractivity contribution >= 4 is 6.03 Å². The van der Waals surface area contributed by atoms with Crippen LogP contribution in [0, 0.1) is 0 Å². The Labute approximate surface area is 90.0 Å². The maximum Gasteiger partial charge on any atom is 0.416 e. The lowest BCUT2D eigenvalue weighted by molar-refractivity contribution is -0.201. The lowest BCUT2D eigenvalue weighted by Gasteiger charge is -2.16. The van der Waals surface area contributed by atoms with E-state index in [4.69, 9.17) is 9.84 Å². The van der Waals surface area contributed by atoms with Crippen molar-refractivity contribution in [2.24, 2.45) is 0 Å². The molecule has 0 bridgehead atoms. The van der Waals surface area contributed by atoms with Crippen LogP contribution in [-0.4, -0.2) is 49.2 Å². The lowest BCUT2D eigenvalue weighted by atomic mass is 10.3. The van der Waals surface area contributed by atoms with Crippen LogP contribution < -0.4 is 10.6 Å². The zero-order chi connectivity index (χ0) is 12.2. The first-order chi connectivity index (χ1) is 7.39. The first-order valence-corrected chi connectivity index (χ1v) is 4.76. The van der Waals surface area contributed by atoms with Gasteiger partial charge in [-0.2, -0.15) is 13.2 Å². The second-order valence-electron chi connectivity index (χ2n) is 3.47. The largest absolute Gasteiger partial charge is 0.416 e. The average Bonchev–Trinajstić information content (AvgIpc) is 2.65. The highest BCUT2D eigenvalue weighted by Gasteiger charge is 2.38. The molecule has 0 aliphatic carbocycles. The minimum atomic E-state index is -4.72. The molecular weight excluding hydrogens is 229 g/mol. The molecule has 2 amide bonds. The molecule has 0 saturated carbocycles. The summed E-state index contributed by atoms with van der Waals surface area (Å²) in [5, 5.41) is 13.0. The Bertz CT molecular complexity index is 241. The van der Waals surface area contributed by atoms with Gasteiger partial charge in [0.15, 0.2) is 6.10 Å². The van der Waals surface area contributed by atoms with Crippen LogP contribution in [0.25, 0.3) is 0 Å². The first-order valence-electron chi connectivity index (χ1n) is 4.76. The van der Waals surface area contributed by atoms with Crippen LogP contribution in [0.5, 0.6) is 0 Å². The summed E-state index contributed by atoms with van der Waals surface area (Å²) in [7, 11) is 0. The Balaban J connectivity index is 2.19. The predicted molar refractivity (Wildman–Crippen MR) is 47.8 cm³/mol. The fourth-order valence-corrected chi connectivity index (χ4v) is 1.19. The molecule has 3 N–H and O–H groups in total. The average molecular weight is 242 g/mol. The molecule has 0 aromatic rings. The van der Waals surface area contributed by atoms with Gasteiger partial charge in [0.05, 0.1) is 19.2 Å². The zero-order valence-electron chi connectivity index (χ0n) is 8.38. The van der Waals surface area contributed by atoms with E-state index in [1.54, 1.807) is 0 Å². The van der Waals surface area contributed by atoms with Gasteiger partial charge >= 0.3 is 12.2 Å². The van der Waals surface area contributed by atoms with E-state index in [1.807, 2.05) is 5.32 Å². The number of nitrogens with one attached hydrogen (secondary N) is 2. The minimum absolute atomic E-state index is 0.178. The van der Waals surface area contributed by atoms with Crippen molar-refractivity contribution in [1.82, 2.24) is 10.6 Å². The minimum Gasteiger partial charge on any atom is -0.382 e. The van der Waals surface area contributed by atoms with Gasteiger partial charge in [-0.05, 0) is 6.42 Å². The molecule has 0 radical (unpaired) electrons. The van der Waals surface area contributed by atoms with Gasteiger partial charge < -0.3 is 20.5 Å². The Morgan fingerprint density at radius 2 is 2.25 bits per heavy atom. The first kappa shape index (κ1) is 13.0. The molecule has 2 atom stereocenters. The van der Waals surface area contributed by atoms with Gasteiger partial charge in [0.1, 0.15) is 0 Å². The van der Waals surface area contributed by atoms with Gasteiger partial charge in [0.25, 0.3) is 0 Å². The van der Waals surface area contributed by atoms with Crippen molar-refractivity contribution < 1.29 is 27.8 Å². The lowest BCUT2D eigenvalue weighted by Crippen LogP contribution is -2.47. The summed E-state index contributed by atoms with van der Waals surface area (Å²) in [6.45, 7) is 0.0221. The third-order valence-electron chi connectivity index (χ3n) is 2.10. The van der Waals surface area contributed by atoms with E-state index < -0.39 is 24.9 Å². The number of carbonyl (C=O) groups excluding carboxylic acids is 1. The van der Waals surface area contributed by atoms with Crippen molar-refractivity contribution in [3.63, 3.8) is 0 Å². The number of urea groups is 1. The molecule has 94 valence electrons. The van der Waals surface area contributed by atoms with Crippen molar-refractivity contribution in [1.29, 1.82) is 0 Å². The van der Waals surface area contributed by atoms with E-state index in [2.05, 4.69) is 5.32 Å². The third-order valence-corrected chi connectivity index (χ3v) is 2.10. The van der Waals surface area contributed by atoms with Crippen LogP contribution in [0.15, 0.2) is 0 Å². The molecule has 16 heavy (non-hydrogen) atoms. The van der Waals surface area contributed by atoms with Gasteiger partial charge in [-0.1, -0.05) is 0 Å². The molecule has 8 heteroatoms. The van der Waals surface area contributed by atoms with Gasteiger partial charge in [0, 0.05) is 6.61 Å². The Kier molecular flexibility index (Phi) is 4.36. The second kappa shape index (κ2) is 5.35. The van der Waals surface area contributed by atoms with Crippen molar-refractivity contribution in [3.8, 4) is 0 Å². The van der Waals surface area contributed by atoms with E-state index >= 15 is 0 Å². The molecule has 1 saturated heterocycles. The summed E-state index contributed by atoms with van der Waals surface area (Å²) in [4.78, 5) is 11.1. The Hall–Kier alpha value is -1.02. The van der Waals surface area contributed by atoms with Gasteiger partial charge in [0.2, 0.25) is 0 Å². The molecule has 1 rings (SSSR count). The number of ether oxygens (including phenoxy) is 1. The number of rotatable bonds is 3. The van der Waals surface area contributed by atoms with Crippen molar-refractivity contribution in [2.45, 2.75) is 24.7 Å². The summed E-state index contributed by atoms with van der Waals surface area (Å²) >= 11 is 0. The predicted octanol–water partition coefficient (Wildman–Crippen LogP) is -0.00230. The molecule has 1 fully saturated rings. The number of aliphatic hydroxyl groups is 1. The van der Waals surface area contributed by atoms with E-state index in [0.29, 0.717) is 19.6 Å². The topological polar surface area (TPSA) is 70.6 Å². The Morgan fingerprint density at radius 1 is 1.56 bits per heavy atom. The van der Waals surface area contributed by atoms with Crippen LogP contribution in [0.4, 0.5) is 18.0 Å². The number of halogens is 3. The van der Waals surface area contributed by atoms with Crippen LogP contribution >= 0.6 is 0 Å². The molecule has 0 aromatic heterocycles. The summed E-state index contributed by atoms with van der Waals surface area (Å²) in [5.41, 5.74) is 0. The van der Waals surface area contributed by atoms with Crippen LogP contribution in [0.2, 0.25) is 0 Å². The number of aliphatic hydroxyl groups excluding tert-OH is 1. The number of amides is 2. The normalized spacial score (nSPS) is 22.9. The molecule has 5 nitrogen and oxygen atoms in total. The van der Waals surface area contributed by atoms with E-state index in [0.717, 1.165) is 0 Å². The molecular formula is C8H13F3N2O3. The van der Waals surface area contributed by atoms with Crippen LogP contribution in [0.1, 0.15) is 6.42 Å². The quantitative estimate of drug-likeness (QED) is 0.652. The summed E-state index contributed by atoms with van der Waals surface area (Å²) in [6.07, 6.45) is -6.63. The highest BCUT2D eigenvalue weighted by atomic mass is 19.4. The third kappa shape index (κ3) is 4.23. The molecule has 2 unspecified atom stereocenters. The van der Waals surface area contributed by atoms with Gasteiger partial charge in [-0.3, -0.25) is 0 Å². The highest BCUT2D eigenvalue weighted by Crippen LogP contribution is 2.19. The standard InChI is InChI=1S/C8H13F3N2O3/c9-8(10,11)6(14)3-12-7(15)13-5-1-2-16-4-5/h5-6,14H,1-4H2,(H2,12,13,15). The number of hydrogen-bond donors (Lipinski definition) is 3. The number of alkyl halides is 3. The molecule has 1 heterocycles. The van der Waals surface area contributed by atoms with Crippen molar-refractivity contribution in [2.75, 3.05) is 19.8 Å². The molecule has 1 aliphatic rings. The van der Waals surface area contributed by atoms with E-state index in [1.165, 1.54) is 0 Å². The van der Waals surface area contributed by atoms with Crippen molar-refractivity contribution in [3.05, 3.63) is 0 Å². The smallest absolute Gasteiger partial charge is 0.382 e. The van der Waals surface area contributed by atoms with Crippen LogP contribution in [0.3, 0.4) is 0 Å². The summed E-state index contributed by atoms with van der Waals surface area (Å²) in [6, 6.07) is -0.915. The maximum atomic E-state index is 11.9. The second-order valence-corrected chi connectivity index (χ2v) is 3.47. The number of hydrogen-bond acceptors (Lipinski definition) is 3. The fraction of sp³-hybridized carbons (Fsp3) is 0.875. The Morgan fingerprint density at radius 3 is 2.75 bits per heavy atom. The maximum absolute atomic E-state index is 11.9. The molecule has 0 aromatic carbocycles. The van der Waals surface area contributed by atoms with Gasteiger partial charge in [-0.25, -0.2) is 4.79 Å². The molecule has 0 spiro atoms. The number of carbonyl (C=O) groups is 1. The van der Waals surface area contributed by atoms with Crippen LogP contribution in [-0.2, 0) is 4.74 Å². The van der Waals surface area contributed by atoms with E-state index in [9.17, 15) is 18.0 Å². The summed E-state index contributed by atoms with van der Waals surface area (Å²) < 4.78 is 40.6. The highest BCUT2D eigenvalue weighted by molar-refractivity contribution is 5.74. The van der Waals surface area contributed by atoms with Gasteiger partial charge in [-0.15, -0.1) is 0 Å². The SMILES string of the molecule is O=C(NCC(O)C(F)(F)F)NC1CCOC1. The summed E-state index contributed by atoms with van der Waals surface area (Å²) in [5.74, 6) is 0. The molecule has 1 aliphatic heterocycles.